The molecule has 6 heteroatoms. The van der Waals surface area contributed by atoms with Crippen molar-refractivity contribution in [3.05, 3.63) is 73.0 Å². The molecule has 0 bridgehead atoms. The van der Waals surface area contributed by atoms with Gasteiger partial charge in [-0.1, -0.05) is 38.8 Å². The zero-order valence-electron chi connectivity index (χ0n) is 17.8. The monoisotopic (exact) mass is 402 g/mol. The Morgan fingerprint density at radius 1 is 1.13 bits per heavy atom. The van der Waals surface area contributed by atoms with E-state index in [0.29, 0.717) is 17.3 Å². The summed E-state index contributed by atoms with van der Waals surface area (Å²) in [6.45, 7) is 9.25. The molecule has 3 aromatic heterocycles. The molecule has 156 valence electrons. The van der Waals surface area contributed by atoms with Crippen LogP contribution in [0.5, 0.6) is 0 Å². The van der Waals surface area contributed by atoms with Crippen LogP contribution in [0.1, 0.15) is 38.2 Å². The molecule has 0 saturated heterocycles. The van der Waals surface area contributed by atoms with Gasteiger partial charge in [0.25, 0.3) is 0 Å². The fraction of sp³-hybridized carbons (Fsp3) is 0.292. The minimum absolute atomic E-state index is 0.610. The fourth-order valence-corrected chi connectivity index (χ4v) is 3.25. The maximum atomic E-state index is 6.36. The minimum atomic E-state index is 0.610. The van der Waals surface area contributed by atoms with Crippen molar-refractivity contribution in [2.45, 2.75) is 39.5 Å². The quantitative estimate of drug-likeness (QED) is 0.442. The van der Waals surface area contributed by atoms with E-state index in [4.69, 9.17) is 10.7 Å². The first-order chi connectivity index (χ1) is 14.6. The minimum Gasteiger partial charge on any atom is -0.396 e. The average Bonchev–Trinajstić information content (AvgIpc) is 2.75. The number of nitrogen functional groups attached to an aromatic ring is 1. The highest BCUT2D eigenvalue weighted by atomic mass is 15.3. The van der Waals surface area contributed by atoms with Crippen molar-refractivity contribution < 1.29 is 0 Å². The molecule has 0 aliphatic rings. The van der Waals surface area contributed by atoms with Crippen LogP contribution in [0.3, 0.4) is 0 Å². The van der Waals surface area contributed by atoms with Crippen LogP contribution in [0.2, 0.25) is 0 Å². The van der Waals surface area contributed by atoms with E-state index < -0.39 is 0 Å². The predicted molar refractivity (Wildman–Crippen MR) is 125 cm³/mol. The average molecular weight is 403 g/mol. The summed E-state index contributed by atoms with van der Waals surface area (Å²) in [5, 5.41) is 3.29. The van der Waals surface area contributed by atoms with Crippen LogP contribution in [-0.2, 0) is 0 Å². The number of aryl methyl sites for hydroxylation is 1. The molecule has 0 saturated carbocycles. The summed E-state index contributed by atoms with van der Waals surface area (Å²) >= 11 is 0. The lowest BCUT2D eigenvalue weighted by molar-refractivity contribution is 0.660. The molecule has 6 nitrogen and oxygen atoms in total. The van der Waals surface area contributed by atoms with Crippen LogP contribution in [0.15, 0.2) is 67.4 Å². The van der Waals surface area contributed by atoms with Crippen LogP contribution < -0.4 is 16.0 Å². The Labute approximate surface area is 178 Å². The van der Waals surface area contributed by atoms with Crippen LogP contribution in [0.4, 0.5) is 17.3 Å². The van der Waals surface area contributed by atoms with E-state index in [1.807, 2.05) is 54.5 Å². The van der Waals surface area contributed by atoms with Crippen molar-refractivity contribution >= 4 is 17.3 Å². The standard InChI is InChI=1S/C24H30N6/c1-4-5-6-9-14-30(19(3)28-23-10-7-8-13-27-23)24-21(25)11-12-22(29-24)20-15-18(2)16-26-17-20/h7-8,10-13,15-17H,3-6,9,14,25H2,1-2H3,(H,27,28). The van der Waals surface area contributed by atoms with Gasteiger partial charge in [-0.2, -0.15) is 0 Å². The van der Waals surface area contributed by atoms with Crippen molar-refractivity contribution in [1.82, 2.24) is 15.0 Å². The first-order valence-corrected chi connectivity index (χ1v) is 10.4. The van der Waals surface area contributed by atoms with E-state index in [-0.39, 0.29) is 0 Å². The number of pyridine rings is 3. The third-order valence-electron chi connectivity index (χ3n) is 4.83. The van der Waals surface area contributed by atoms with Crippen molar-refractivity contribution in [2.75, 3.05) is 22.5 Å². The van der Waals surface area contributed by atoms with Gasteiger partial charge in [0.15, 0.2) is 5.82 Å². The van der Waals surface area contributed by atoms with Gasteiger partial charge < -0.3 is 16.0 Å². The summed E-state index contributed by atoms with van der Waals surface area (Å²) in [5.74, 6) is 2.13. The molecular weight excluding hydrogens is 372 g/mol. The normalized spacial score (nSPS) is 10.6. The number of rotatable bonds is 10. The number of unbranched alkanes of at least 4 members (excludes halogenated alkanes) is 3. The highest BCUT2D eigenvalue weighted by molar-refractivity contribution is 5.72. The van der Waals surface area contributed by atoms with Crippen molar-refractivity contribution in [3.8, 4) is 11.3 Å². The Morgan fingerprint density at radius 2 is 2.00 bits per heavy atom. The van der Waals surface area contributed by atoms with Crippen molar-refractivity contribution in [2.24, 2.45) is 0 Å². The van der Waals surface area contributed by atoms with Gasteiger partial charge in [-0.3, -0.25) is 4.98 Å². The Bertz CT molecular complexity index is 970. The van der Waals surface area contributed by atoms with Crippen molar-refractivity contribution in [3.63, 3.8) is 0 Å². The molecule has 0 unspecified atom stereocenters. The zero-order valence-corrected chi connectivity index (χ0v) is 17.8. The Hall–Kier alpha value is -3.41. The van der Waals surface area contributed by atoms with E-state index in [2.05, 4.69) is 34.9 Å². The number of hydrogen-bond acceptors (Lipinski definition) is 6. The lowest BCUT2D eigenvalue weighted by Crippen LogP contribution is -2.29. The Balaban J connectivity index is 1.91. The van der Waals surface area contributed by atoms with Gasteiger partial charge in [-0.15, -0.1) is 0 Å². The van der Waals surface area contributed by atoms with Crippen LogP contribution in [-0.4, -0.2) is 21.5 Å². The molecule has 0 amide bonds. The lowest BCUT2D eigenvalue weighted by atomic mass is 10.1. The molecule has 30 heavy (non-hydrogen) atoms. The maximum absolute atomic E-state index is 6.36. The topological polar surface area (TPSA) is 80.0 Å². The fourth-order valence-electron chi connectivity index (χ4n) is 3.25. The number of aromatic nitrogens is 3. The second-order valence-electron chi connectivity index (χ2n) is 7.36. The summed E-state index contributed by atoms with van der Waals surface area (Å²) in [7, 11) is 0. The second-order valence-corrected chi connectivity index (χ2v) is 7.36. The molecule has 0 aliphatic heterocycles. The summed E-state index contributed by atoms with van der Waals surface area (Å²) in [4.78, 5) is 15.6. The molecular formula is C24H30N6. The number of nitrogens with two attached hydrogens (primary N) is 1. The third-order valence-corrected chi connectivity index (χ3v) is 4.83. The number of anilines is 3. The van der Waals surface area contributed by atoms with Gasteiger partial charge in [0.1, 0.15) is 11.6 Å². The van der Waals surface area contributed by atoms with Gasteiger partial charge in [-0.05, 0) is 49.2 Å². The lowest BCUT2D eigenvalue weighted by Gasteiger charge is -2.28. The number of nitrogens with zero attached hydrogens (tertiary/aromatic N) is 4. The summed E-state index contributed by atoms with van der Waals surface area (Å²) in [6, 6.07) is 11.6. The molecule has 0 spiro atoms. The molecule has 0 radical (unpaired) electrons. The van der Waals surface area contributed by atoms with E-state index in [0.717, 1.165) is 42.0 Å². The highest BCUT2D eigenvalue weighted by Crippen LogP contribution is 2.29. The van der Waals surface area contributed by atoms with Crippen LogP contribution >= 0.6 is 0 Å². The molecule has 3 heterocycles. The molecule has 0 aliphatic carbocycles. The van der Waals surface area contributed by atoms with Gasteiger partial charge in [0, 0.05) is 30.7 Å². The molecule has 0 aromatic carbocycles. The molecule has 0 atom stereocenters. The van der Waals surface area contributed by atoms with Crippen LogP contribution in [0, 0.1) is 6.92 Å². The van der Waals surface area contributed by atoms with Gasteiger partial charge >= 0.3 is 0 Å². The van der Waals surface area contributed by atoms with Gasteiger partial charge in [-0.25, -0.2) is 9.97 Å². The zero-order chi connectivity index (χ0) is 21.3. The van der Waals surface area contributed by atoms with Gasteiger partial charge in [0.05, 0.1) is 11.4 Å². The van der Waals surface area contributed by atoms with Crippen LogP contribution in [0.25, 0.3) is 11.3 Å². The van der Waals surface area contributed by atoms with E-state index in [1.165, 1.54) is 12.8 Å². The smallest absolute Gasteiger partial charge is 0.158 e. The highest BCUT2D eigenvalue weighted by Gasteiger charge is 2.17. The molecule has 3 N–H and O–H groups in total. The summed E-state index contributed by atoms with van der Waals surface area (Å²) < 4.78 is 0. The van der Waals surface area contributed by atoms with E-state index in [1.54, 1.807) is 6.20 Å². The summed E-state index contributed by atoms with van der Waals surface area (Å²) in [5.41, 5.74) is 9.85. The number of nitrogens with one attached hydrogen (secondary N) is 1. The third kappa shape index (κ3) is 5.56. The first-order valence-electron chi connectivity index (χ1n) is 10.4. The molecule has 0 fully saturated rings. The molecule has 3 rings (SSSR count). The van der Waals surface area contributed by atoms with E-state index >= 15 is 0 Å². The predicted octanol–water partition coefficient (Wildman–Crippen LogP) is 5.40. The van der Waals surface area contributed by atoms with E-state index in [9.17, 15) is 0 Å². The SMILES string of the molecule is C=C(Nc1ccccn1)N(CCCCCC)c1nc(-c2cncc(C)c2)ccc1N. The largest absolute Gasteiger partial charge is 0.396 e. The summed E-state index contributed by atoms with van der Waals surface area (Å²) in [6.07, 6.45) is 9.95. The van der Waals surface area contributed by atoms with Crippen molar-refractivity contribution in [1.29, 1.82) is 0 Å². The first kappa shape index (κ1) is 21.3. The number of hydrogen-bond donors (Lipinski definition) is 2. The maximum Gasteiger partial charge on any atom is 0.158 e. The molecule has 3 aromatic rings. The Morgan fingerprint density at radius 3 is 2.73 bits per heavy atom. The Kier molecular flexibility index (Phi) is 7.38. The second kappa shape index (κ2) is 10.4. The van der Waals surface area contributed by atoms with Gasteiger partial charge in [0.2, 0.25) is 0 Å².